The number of nitrogens with one attached hydrogen (secondary N) is 2. The fourth-order valence-electron chi connectivity index (χ4n) is 6.57. The van der Waals surface area contributed by atoms with Crippen molar-refractivity contribution < 1.29 is 45.3 Å². The molecule has 4 aromatic rings. The minimum Gasteiger partial charge on any atom is -0.422 e. The highest BCUT2D eigenvalue weighted by molar-refractivity contribution is 5.93. The Kier molecular flexibility index (Phi) is 7.91. The van der Waals surface area contributed by atoms with Gasteiger partial charge in [-0.15, -0.1) is 10.2 Å². The number of imidazole rings is 1. The van der Waals surface area contributed by atoms with Crippen LogP contribution in [0.2, 0.25) is 0 Å². The third-order valence-corrected chi connectivity index (χ3v) is 9.26. The molecule has 0 bridgehead atoms. The van der Waals surface area contributed by atoms with Gasteiger partial charge < -0.3 is 19.8 Å². The lowest BCUT2D eigenvalue weighted by atomic mass is 9.79. The number of aromatic nitrogens is 7. The third-order valence-electron chi connectivity index (χ3n) is 9.26. The molecule has 0 radical (unpaired) electrons. The highest BCUT2D eigenvalue weighted by Gasteiger charge is 2.59. The summed E-state index contributed by atoms with van der Waals surface area (Å²) in [4.78, 5) is 31.3. The molecular weight excluding hydrogens is 649 g/mol. The number of rotatable bonds is 10. The number of amides is 2. The Hall–Kier alpha value is -4.55. The second kappa shape index (κ2) is 11.9. The van der Waals surface area contributed by atoms with Crippen molar-refractivity contribution in [3.63, 3.8) is 0 Å². The van der Waals surface area contributed by atoms with Crippen molar-refractivity contribution in [1.29, 1.82) is 0 Å². The number of halogens is 5. The first-order valence-corrected chi connectivity index (χ1v) is 15.4. The monoisotopic (exact) mass is 679 g/mol. The standard InChI is InChI=1S/C29H30F5N9O5/c1-46-13-20-39-40-26(47-20)27(10-18(29(32,33)34)37-25(27)45)9-14-8-19-36-17(12-43(19)35-11-14)21(16-4-6-28(30,31)7-5-16)38-24(44)23-22(15-2-3-15)41-48-42-23/h8,11-12,15-16,18,21H,2-7,9-10,13H2,1H3,(H,37,45)(H,38,44)/t18-,21-,27+/m0/s1. The summed E-state index contributed by atoms with van der Waals surface area (Å²) < 4.78 is 86.3. The van der Waals surface area contributed by atoms with E-state index in [2.05, 4.69) is 35.9 Å². The minimum atomic E-state index is -4.73. The molecule has 19 heteroatoms. The molecule has 4 aromatic heterocycles. The number of fused-ring (bicyclic) bond motifs is 1. The van der Waals surface area contributed by atoms with Crippen LogP contribution in [-0.4, -0.2) is 72.2 Å². The van der Waals surface area contributed by atoms with Crippen molar-refractivity contribution >= 4 is 17.5 Å². The Balaban J connectivity index is 1.20. The van der Waals surface area contributed by atoms with E-state index in [0.717, 1.165) is 12.8 Å². The summed E-state index contributed by atoms with van der Waals surface area (Å²) in [5, 5.41) is 24.7. The van der Waals surface area contributed by atoms with Crippen LogP contribution in [0.1, 0.15) is 96.1 Å². The summed E-state index contributed by atoms with van der Waals surface area (Å²) in [5.41, 5.74) is -0.487. The SMILES string of the molecule is COCc1nnc([C@]2(Cc3cnn4cc([C@@H](NC(=O)c5nonc5C5CC5)C5CCC(F)(F)CC5)nc4c3)C[C@@H](C(F)(F)F)NC2=O)o1. The smallest absolute Gasteiger partial charge is 0.408 e. The van der Waals surface area contributed by atoms with Crippen LogP contribution in [0, 0.1) is 5.92 Å². The van der Waals surface area contributed by atoms with E-state index in [1.807, 2.05) is 5.32 Å². The van der Waals surface area contributed by atoms with E-state index in [9.17, 15) is 31.5 Å². The van der Waals surface area contributed by atoms with Crippen molar-refractivity contribution in [2.45, 2.75) is 93.5 Å². The summed E-state index contributed by atoms with van der Waals surface area (Å²) in [6.07, 6.45) is -1.58. The summed E-state index contributed by atoms with van der Waals surface area (Å²) in [5.74, 6) is -4.97. The van der Waals surface area contributed by atoms with E-state index in [1.165, 1.54) is 17.8 Å². The molecule has 2 amide bonds. The fraction of sp³-hybridized carbons (Fsp3) is 0.586. The van der Waals surface area contributed by atoms with E-state index in [1.54, 1.807) is 12.3 Å². The maximum atomic E-state index is 14.1. The average molecular weight is 680 g/mol. The molecule has 5 heterocycles. The molecular formula is C29H30F5N9O5. The molecule has 2 saturated carbocycles. The highest BCUT2D eigenvalue weighted by Crippen LogP contribution is 2.44. The molecule has 1 aliphatic heterocycles. The van der Waals surface area contributed by atoms with Gasteiger partial charge in [-0.2, -0.15) is 18.3 Å². The van der Waals surface area contributed by atoms with Crippen molar-refractivity contribution in [3.8, 4) is 0 Å². The Morgan fingerprint density at radius 2 is 1.96 bits per heavy atom. The number of nitrogens with zero attached hydrogens (tertiary/aromatic N) is 7. The molecule has 3 atom stereocenters. The Morgan fingerprint density at radius 1 is 1.19 bits per heavy atom. The molecule has 48 heavy (non-hydrogen) atoms. The summed E-state index contributed by atoms with van der Waals surface area (Å²) >= 11 is 0. The first-order valence-electron chi connectivity index (χ1n) is 15.4. The van der Waals surface area contributed by atoms with Crippen molar-refractivity contribution in [2.75, 3.05) is 7.11 Å². The summed E-state index contributed by atoms with van der Waals surface area (Å²) in [6, 6.07) is -1.41. The van der Waals surface area contributed by atoms with Crippen LogP contribution >= 0.6 is 0 Å². The van der Waals surface area contributed by atoms with Gasteiger partial charge in [-0.1, -0.05) is 5.16 Å². The van der Waals surface area contributed by atoms with E-state index < -0.39 is 53.8 Å². The Morgan fingerprint density at radius 3 is 2.65 bits per heavy atom. The molecule has 3 fully saturated rings. The maximum absolute atomic E-state index is 14.1. The number of carbonyl (C=O) groups is 2. The quantitative estimate of drug-likeness (QED) is 0.234. The van der Waals surface area contributed by atoms with Crippen LogP contribution in [0.4, 0.5) is 22.0 Å². The molecule has 1 saturated heterocycles. The van der Waals surface area contributed by atoms with Gasteiger partial charge in [-0.25, -0.2) is 22.9 Å². The first-order chi connectivity index (χ1) is 22.8. The van der Waals surface area contributed by atoms with Crippen LogP contribution in [-0.2, 0) is 28.0 Å². The molecule has 14 nitrogen and oxygen atoms in total. The Labute approximate surface area is 268 Å². The molecule has 2 N–H and O–H groups in total. The van der Waals surface area contributed by atoms with E-state index in [-0.39, 0.29) is 67.8 Å². The van der Waals surface area contributed by atoms with Gasteiger partial charge in [0.1, 0.15) is 23.8 Å². The summed E-state index contributed by atoms with van der Waals surface area (Å²) in [7, 11) is 1.37. The number of ether oxygens (including phenoxy) is 1. The molecule has 0 spiro atoms. The van der Waals surface area contributed by atoms with Gasteiger partial charge in [-0.3, -0.25) is 9.59 Å². The lowest BCUT2D eigenvalue weighted by Gasteiger charge is -2.33. The molecule has 7 rings (SSSR count). The molecule has 256 valence electrons. The second-order valence-corrected chi connectivity index (χ2v) is 12.7. The predicted molar refractivity (Wildman–Crippen MR) is 149 cm³/mol. The third kappa shape index (κ3) is 6.10. The van der Waals surface area contributed by atoms with Crippen LogP contribution < -0.4 is 10.6 Å². The van der Waals surface area contributed by atoms with E-state index in [0.29, 0.717) is 17.0 Å². The van der Waals surface area contributed by atoms with Gasteiger partial charge in [0.25, 0.3) is 5.91 Å². The van der Waals surface area contributed by atoms with Crippen LogP contribution in [0.25, 0.3) is 5.65 Å². The average Bonchev–Trinajstić information content (AvgIpc) is 3.38. The zero-order valence-electron chi connectivity index (χ0n) is 25.5. The highest BCUT2D eigenvalue weighted by atomic mass is 19.4. The van der Waals surface area contributed by atoms with Crippen LogP contribution in [0.5, 0.6) is 0 Å². The lowest BCUT2D eigenvalue weighted by molar-refractivity contribution is -0.155. The van der Waals surface area contributed by atoms with Crippen molar-refractivity contribution in [1.82, 2.24) is 45.7 Å². The number of hydrogen-bond donors (Lipinski definition) is 2. The maximum Gasteiger partial charge on any atom is 0.408 e. The fourth-order valence-corrected chi connectivity index (χ4v) is 6.57. The molecule has 3 aliphatic rings. The number of alkyl halides is 5. The van der Waals surface area contributed by atoms with Crippen LogP contribution in [0.3, 0.4) is 0 Å². The van der Waals surface area contributed by atoms with Gasteiger partial charge in [0.2, 0.25) is 23.6 Å². The van der Waals surface area contributed by atoms with Gasteiger partial charge >= 0.3 is 6.18 Å². The zero-order chi connectivity index (χ0) is 33.8. The van der Waals surface area contributed by atoms with E-state index in [4.69, 9.17) is 13.8 Å². The topological polar surface area (TPSA) is 175 Å². The lowest BCUT2D eigenvalue weighted by Crippen LogP contribution is -2.40. The molecule has 0 aromatic carbocycles. The zero-order valence-corrected chi connectivity index (χ0v) is 25.5. The normalized spacial score (nSPS) is 23.8. The van der Waals surface area contributed by atoms with Gasteiger partial charge in [0.05, 0.1) is 24.1 Å². The minimum absolute atomic E-state index is 0.0131. The number of carbonyl (C=O) groups excluding carboxylic acids is 2. The predicted octanol–water partition coefficient (Wildman–Crippen LogP) is 3.75. The first kappa shape index (κ1) is 32.0. The number of hydrogen-bond acceptors (Lipinski definition) is 11. The van der Waals surface area contributed by atoms with E-state index >= 15 is 0 Å². The molecule has 2 aliphatic carbocycles. The molecule has 0 unspecified atom stereocenters. The van der Waals surface area contributed by atoms with Gasteiger partial charge in [0.15, 0.2) is 11.3 Å². The Bertz CT molecular complexity index is 1830. The largest absolute Gasteiger partial charge is 0.422 e. The van der Waals surface area contributed by atoms with Crippen LogP contribution in [0.15, 0.2) is 27.5 Å². The van der Waals surface area contributed by atoms with Gasteiger partial charge in [-0.05, 0) is 61.2 Å². The van der Waals surface area contributed by atoms with Crippen molar-refractivity contribution in [3.05, 3.63) is 52.9 Å². The van der Waals surface area contributed by atoms with Crippen molar-refractivity contribution in [2.24, 2.45) is 5.92 Å². The summed E-state index contributed by atoms with van der Waals surface area (Å²) in [6.45, 7) is -0.108. The second-order valence-electron chi connectivity index (χ2n) is 12.7. The van der Waals surface area contributed by atoms with Gasteiger partial charge in [0, 0.05) is 25.9 Å². The number of methoxy groups -OCH3 is 1.